The van der Waals surface area contributed by atoms with E-state index in [1.165, 1.54) is 12.8 Å². The lowest BCUT2D eigenvalue weighted by Gasteiger charge is -2.57. The van der Waals surface area contributed by atoms with Crippen LogP contribution >= 0.6 is 7.52 Å². The summed E-state index contributed by atoms with van der Waals surface area (Å²) < 4.78 is 21.8. The monoisotopic (exact) mass is 301 g/mol. The standard InChI is InChI=1S/C16H32NO2P/c1-7-20(18)17(11-12(2)3)16(5,6)14-9-8-13(4)10-15(14)19-20/h12-15H,7-11H2,1-6H3/t13-,14-,15-,20-/m1/s1. The van der Waals surface area contributed by atoms with Gasteiger partial charge in [-0.3, -0.25) is 4.57 Å². The first-order chi connectivity index (χ1) is 9.20. The molecular weight excluding hydrogens is 269 g/mol. The van der Waals surface area contributed by atoms with Gasteiger partial charge in [0.25, 0.3) is 7.52 Å². The van der Waals surface area contributed by atoms with Crippen LogP contribution in [0.5, 0.6) is 0 Å². The van der Waals surface area contributed by atoms with Crippen molar-refractivity contribution in [1.29, 1.82) is 0 Å². The number of hydrogen-bond donors (Lipinski definition) is 0. The van der Waals surface area contributed by atoms with Gasteiger partial charge >= 0.3 is 0 Å². The van der Waals surface area contributed by atoms with Crippen molar-refractivity contribution in [3.05, 3.63) is 0 Å². The zero-order chi connectivity index (χ0) is 15.1. The second-order valence-corrected chi connectivity index (χ2v) is 10.4. The highest BCUT2D eigenvalue weighted by atomic mass is 31.2. The van der Waals surface area contributed by atoms with E-state index in [0.29, 0.717) is 23.9 Å². The topological polar surface area (TPSA) is 29.5 Å². The summed E-state index contributed by atoms with van der Waals surface area (Å²) in [5.74, 6) is 1.73. The van der Waals surface area contributed by atoms with Gasteiger partial charge in [0, 0.05) is 24.2 Å². The van der Waals surface area contributed by atoms with Gasteiger partial charge in [-0.15, -0.1) is 0 Å². The summed E-state index contributed by atoms with van der Waals surface area (Å²) >= 11 is 0. The van der Waals surface area contributed by atoms with Gasteiger partial charge in [0.05, 0.1) is 6.10 Å². The van der Waals surface area contributed by atoms with Crippen molar-refractivity contribution in [3.8, 4) is 0 Å². The maximum absolute atomic E-state index is 13.3. The molecule has 2 rings (SSSR count). The van der Waals surface area contributed by atoms with E-state index in [1.807, 2.05) is 6.92 Å². The van der Waals surface area contributed by atoms with Crippen molar-refractivity contribution in [2.75, 3.05) is 12.7 Å². The Morgan fingerprint density at radius 2 is 2.00 bits per heavy atom. The Morgan fingerprint density at radius 3 is 2.55 bits per heavy atom. The molecule has 1 saturated carbocycles. The van der Waals surface area contributed by atoms with Gasteiger partial charge in [-0.05, 0) is 38.5 Å². The minimum Gasteiger partial charge on any atom is -0.314 e. The van der Waals surface area contributed by atoms with Gasteiger partial charge in [0.2, 0.25) is 0 Å². The normalized spacial score (nSPS) is 41.6. The Morgan fingerprint density at radius 1 is 1.35 bits per heavy atom. The van der Waals surface area contributed by atoms with Crippen molar-refractivity contribution in [2.24, 2.45) is 17.8 Å². The summed E-state index contributed by atoms with van der Waals surface area (Å²) in [5, 5.41) is 0. The van der Waals surface area contributed by atoms with E-state index in [2.05, 4.69) is 39.3 Å². The maximum Gasteiger partial charge on any atom is 0.272 e. The molecule has 118 valence electrons. The molecule has 1 aliphatic heterocycles. The molecule has 2 aliphatic rings. The molecule has 0 radical (unpaired) electrons. The second-order valence-electron chi connectivity index (χ2n) is 7.75. The van der Waals surface area contributed by atoms with Crippen molar-refractivity contribution < 1.29 is 9.09 Å². The summed E-state index contributed by atoms with van der Waals surface area (Å²) in [4.78, 5) is 0. The lowest BCUT2D eigenvalue weighted by atomic mass is 9.71. The fourth-order valence-electron chi connectivity index (χ4n) is 4.06. The first-order valence-corrected chi connectivity index (χ1v) is 10.0. The van der Waals surface area contributed by atoms with Crippen LogP contribution in [0, 0.1) is 17.8 Å². The first-order valence-electron chi connectivity index (χ1n) is 8.26. The molecule has 0 amide bonds. The molecule has 0 aromatic carbocycles. The number of fused-ring (bicyclic) bond motifs is 1. The Labute approximate surface area is 125 Å². The van der Waals surface area contributed by atoms with Gasteiger partial charge in [-0.25, -0.2) is 4.67 Å². The van der Waals surface area contributed by atoms with Crippen LogP contribution in [0.2, 0.25) is 0 Å². The summed E-state index contributed by atoms with van der Waals surface area (Å²) in [7, 11) is -2.66. The van der Waals surface area contributed by atoms with E-state index in [-0.39, 0.29) is 11.6 Å². The SMILES string of the molecule is CC[P@@]1(=O)O[C@@H]2C[C@H](C)CC[C@H]2C(C)(C)N1CC(C)C. The number of rotatable bonds is 3. The van der Waals surface area contributed by atoms with Crippen LogP contribution in [0.15, 0.2) is 0 Å². The van der Waals surface area contributed by atoms with Crippen molar-refractivity contribution >= 4 is 7.52 Å². The van der Waals surface area contributed by atoms with E-state index in [4.69, 9.17) is 4.52 Å². The first kappa shape index (κ1) is 16.5. The molecule has 0 unspecified atom stereocenters. The Kier molecular flexibility index (Phi) is 4.74. The number of nitrogens with zero attached hydrogens (tertiary/aromatic N) is 1. The molecule has 0 aromatic heterocycles. The average Bonchev–Trinajstić information content (AvgIpc) is 2.34. The third kappa shape index (κ3) is 2.87. The lowest BCUT2D eigenvalue weighted by molar-refractivity contribution is -0.0504. The fourth-order valence-corrected chi connectivity index (χ4v) is 6.83. The molecule has 0 N–H and O–H groups in total. The predicted molar refractivity (Wildman–Crippen MR) is 85.1 cm³/mol. The molecule has 3 nitrogen and oxygen atoms in total. The summed E-state index contributed by atoms with van der Waals surface area (Å²) in [6, 6.07) is 0. The molecule has 0 bridgehead atoms. The van der Waals surface area contributed by atoms with Crippen LogP contribution in [0.1, 0.15) is 60.8 Å². The largest absolute Gasteiger partial charge is 0.314 e. The zero-order valence-electron chi connectivity index (χ0n) is 14.1. The molecule has 0 aromatic rings. The molecule has 2 fully saturated rings. The van der Waals surface area contributed by atoms with E-state index in [1.54, 1.807) is 0 Å². The molecular formula is C16H32NO2P. The van der Waals surface area contributed by atoms with E-state index >= 15 is 0 Å². The maximum atomic E-state index is 13.3. The molecule has 20 heavy (non-hydrogen) atoms. The van der Waals surface area contributed by atoms with Gasteiger partial charge in [-0.2, -0.15) is 0 Å². The van der Waals surface area contributed by atoms with Gasteiger partial charge in [-0.1, -0.05) is 34.1 Å². The van der Waals surface area contributed by atoms with Crippen LogP contribution in [0.3, 0.4) is 0 Å². The molecule has 1 aliphatic carbocycles. The van der Waals surface area contributed by atoms with E-state index in [9.17, 15) is 4.57 Å². The molecule has 4 atom stereocenters. The van der Waals surface area contributed by atoms with Crippen molar-refractivity contribution in [3.63, 3.8) is 0 Å². The van der Waals surface area contributed by atoms with Crippen LogP contribution in [0.4, 0.5) is 0 Å². The molecule has 4 heteroatoms. The highest BCUT2D eigenvalue weighted by Gasteiger charge is 2.54. The molecule has 1 saturated heterocycles. The average molecular weight is 301 g/mol. The fraction of sp³-hybridized carbons (Fsp3) is 1.00. The summed E-state index contributed by atoms with van der Waals surface area (Å²) in [6.45, 7) is 14.1. The third-order valence-electron chi connectivity index (χ3n) is 5.23. The van der Waals surface area contributed by atoms with E-state index < -0.39 is 7.52 Å². The van der Waals surface area contributed by atoms with Crippen LogP contribution in [-0.4, -0.2) is 29.0 Å². The van der Waals surface area contributed by atoms with Crippen molar-refractivity contribution in [2.45, 2.75) is 72.4 Å². The van der Waals surface area contributed by atoms with E-state index in [0.717, 1.165) is 13.0 Å². The highest BCUT2D eigenvalue weighted by Crippen LogP contribution is 2.63. The Bertz CT molecular complexity index is 394. The number of hydrogen-bond acceptors (Lipinski definition) is 2. The molecule has 1 heterocycles. The summed E-state index contributed by atoms with van der Waals surface area (Å²) in [5.41, 5.74) is -0.0150. The van der Waals surface area contributed by atoms with Gasteiger partial charge in [0.1, 0.15) is 0 Å². The minimum atomic E-state index is -2.66. The summed E-state index contributed by atoms with van der Waals surface area (Å²) in [6.07, 6.45) is 4.38. The smallest absolute Gasteiger partial charge is 0.272 e. The van der Waals surface area contributed by atoms with Crippen LogP contribution in [0.25, 0.3) is 0 Å². The molecule has 0 spiro atoms. The minimum absolute atomic E-state index is 0.0150. The predicted octanol–water partition coefficient (Wildman–Crippen LogP) is 4.77. The van der Waals surface area contributed by atoms with Gasteiger partial charge in [0.15, 0.2) is 0 Å². The zero-order valence-corrected chi connectivity index (χ0v) is 15.0. The quantitative estimate of drug-likeness (QED) is 0.703. The Balaban J connectivity index is 2.33. The second kappa shape index (κ2) is 5.74. The highest BCUT2D eigenvalue weighted by molar-refractivity contribution is 7.56. The third-order valence-corrected chi connectivity index (χ3v) is 8.05. The van der Waals surface area contributed by atoms with Crippen LogP contribution < -0.4 is 0 Å². The lowest BCUT2D eigenvalue weighted by Crippen LogP contribution is -2.58. The van der Waals surface area contributed by atoms with Gasteiger partial charge < -0.3 is 4.52 Å². The van der Waals surface area contributed by atoms with Crippen LogP contribution in [-0.2, 0) is 9.09 Å². The van der Waals surface area contributed by atoms with Crippen molar-refractivity contribution in [1.82, 2.24) is 4.67 Å². The Hall–Kier alpha value is 0.150.